The van der Waals surface area contributed by atoms with Gasteiger partial charge in [0.2, 0.25) is 17.7 Å². The zero-order valence-corrected chi connectivity index (χ0v) is 17.0. The summed E-state index contributed by atoms with van der Waals surface area (Å²) in [5.41, 5.74) is 0.841. The molecule has 0 aliphatic carbocycles. The third-order valence-electron chi connectivity index (χ3n) is 4.90. The minimum Gasteiger partial charge on any atom is -0.325 e. The van der Waals surface area contributed by atoms with E-state index >= 15 is 0 Å². The van der Waals surface area contributed by atoms with E-state index in [1.807, 2.05) is 42.5 Å². The van der Waals surface area contributed by atoms with Crippen molar-refractivity contribution < 1.29 is 19.3 Å². The number of hydrogen-bond donors (Lipinski definition) is 1. The van der Waals surface area contributed by atoms with E-state index in [2.05, 4.69) is 5.32 Å². The molecule has 3 amide bonds. The highest BCUT2D eigenvalue weighted by atomic mass is 32.2. The van der Waals surface area contributed by atoms with E-state index in [1.165, 1.54) is 24.3 Å². The van der Waals surface area contributed by atoms with Crippen molar-refractivity contribution in [1.29, 1.82) is 0 Å². The van der Waals surface area contributed by atoms with Gasteiger partial charge in [0.25, 0.3) is 5.69 Å². The molecule has 1 saturated heterocycles. The molecule has 1 aliphatic heterocycles. The van der Waals surface area contributed by atoms with Gasteiger partial charge in [0.05, 0.1) is 21.6 Å². The van der Waals surface area contributed by atoms with Crippen LogP contribution >= 0.6 is 11.8 Å². The minimum absolute atomic E-state index is 0.0149. The Balaban J connectivity index is 1.39. The molecule has 1 unspecified atom stereocenters. The zero-order valence-electron chi connectivity index (χ0n) is 16.2. The molecule has 0 spiro atoms. The number of nitrogens with zero attached hydrogens (tertiary/aromatic N) is 2. The molecule has 3 aromatic carbocycles. The van der Waals surface area contributed by atoms with Gasteiger partial charge in [0, 0.05) is 29.6 Å². The van der Waals surface area contributed by atoms with Crippen molar-refractivity contribution in [2.24, 2.45) is 0 Å². The monoisotopic (exact) mass is 435 g/mol. The van der Waals surface area contributed by atoms with E-state index < -0.39 is 22.0 Å². The molecule has 0 bridgehead atoms. The number of amides is 3. The number of fused-ring (bicyclic) bond motifs is 1. The van der Waals surface area contributed by atoms with E-state index in [-0.39, 0.29) is 29.5 Å². The Morgan fingerprint density at radius 1 is 1.06 bits per heavy atom. The number of imide groups is 1. The van der Waals surface area contributed by atoms with Crippen LogP contribution in [0.5, 0.6) is 0 Å². The average Bonchev–Trinajstić information content (AvgIpc) is 3.05. The van der Waals surface area contributed by atoms with Crippen LogP contribution in [0.25, 0.3) is 10.8 Å². The number of nitrogens with one attached hydrogen (secondary N) is 1. The molecule has 156 valence electrons. The number of non-ortho nitro benzene ring substituents is 1. The van der Waals surface area contributed by atoms with Gasteiger partial charge in [-0.15, -0.1) is 11.8 Å². The van der Waals surface area contributed by atoms with Crippen LogP contribution in [0.4, 0.5) is 17.1 Å². The van der Waals surface area contributed by atoms with Crippen LogP contribution in [0.2, 0.25) is 0 Å². The lowest BCUT2D eigenvalue weighted by Crippen LogP contribution is -2.31. The van der Waals surface area contributed by atoms with Gasteiger partial charge in [0.15, 0.2) is 0 Å². The predicted molar refractivity (Wildman–Crippen MR) is 119 cm³/mol. The lowest BCUT2D eigenvalue weighted by atomic mass is 10.1. The largest absolute Gasteiger partial charge is 0.325 e. The van der Waals surface area contributed by atoms with Crippen molar-refractivity contribution in [2.45, 2.75) is 11.7 Å². The van der Waals surface area contributed by atoms with E-state index in [0.29, 0.717) is 5.69 Å². The molecule has 0 aromatic heterocycles. The molecule has 0 saturated carbocycles. The summed E-state index contributed by atoms with van der Waals surface area (Å²) < 4.78 is 0. The van der Waals surface area contributed by atoms with E-state index in [0.717, 1.165) is 27.4 Å². The number of nitro benzene ring substituents is 1. The fourth-order valence-corrected chi connectivity index (χ4v) is 4.36. The molecule has 31 heavy (non-hydrogen) atoms. The summed E-state index contributed by atoms with van der Waals surface area (Å²) in [6, 6.07) is 18.5. The van der Waals surface area contributed by atoms with E-state index in [9.17, 15) is 24.5 Å². The lowest BCUT2D eigenvalue weighted by Gasteiger charge is -2.14. The standard InChI is InChI=1S/C22H17N3O5S/c26-20(23-18-7-3-5-14-4-1-2-6-17(14)18)13-31-19-12-21(27)24(22(19)28)15-8-10-16(11-9-15)25(29)30/h1-11,19H,12-13H2,(H,23,26). The zero-order chi connectivity index (χ0) is 22.0. The smallest absolute Gasteiger partial charge is 0.269 e. The van der Waals surface area contributed by atoms with Crippen molar-refractivity contribution in [3.8, 4) is 0 Å². The summed E-state index contributed by atoms with van der Waals surface area (Å²) in [4.78, 5) is 48.8. The summed E-state index contributed by atoms with van der Waals surface area (Å²) in [5, 5.41) is 14.9. The van der Waals surface area contributed by atoms with Gasteiger partial charge in [-0.1, -0.05) is 36.4 Å². The van der Waals surface area contributed by atoms with Gasteiger partial charge >= 0.3 is 0 Å². The highest BCUT2D eigenvalue weighted by molar-refractivity contribution is 8.01. The normalized spacial score (nSPS) is 16.0. The Morgan fingerprint density at radius 3 is 2.52 bits per heavy atom. The first-order valence-electron chi connectivity index (χ1n) is 9.44. The number of anilines is 2. The van der Waals surface area contributed by atoms with Crippen LogP contribution < -0.4 is 10.2 Å². The Hall–Kier alpha value is -3.72. The number of rotatable bonds is 6. The van der Waals surface area contributed by atoms with Crippen LogP contribution in [0.1, 0.15) is 6.42 Å². The molecule has 1 atom stereocenters. The molecule has 9 heteroatoms. The summed E-state index contributed by atoms with van der Waals surface area (Å²) in [7, 11) is 0. The van der Waals surface area contributed by atoms with Crippen LogP contribution in [0.15, 0.2) is 66.7 Å². The first-order valence-corrected chi connectivity index (χ1v) is 10.5. The molecular weight excluding hydrogens is 418 g/mol. The molecule has 0 radical (unpaired) electrons. The maximum absolute atomic E-state index is 12.7. The quantitative estimate of drug-likeness (QED) is 0.359. The fourth-order valence-electron chi connectivity index (χ4n) is 3.43. The average molecular weight is 435 g/mol. The minimum atomic E-state index is -0.680. The first kappa shape index (κ1) is 20.5. The van der Waals surface area contributed by atoms with Gasteiger partial charge < -0.3 is 5.32 Å². The van der Waals surface area contributed by atoms with Crippen LogP contribution in [-0.4, -0.2) is 33.6 Å². The Labute approximate surface area is 181 Å². The summed E-state index contributed by atoms with van der Waals surface area (Å²) >= 11 is 1.10. The number of nitro groups is 1. The summed E-state index contributed by atoms with van der Waals surface area (Å²) in [5.74, 6) is -1.08. The molecule has 4 rings (SSSR count). The van der Waals surface area contributed by atoms with Crippen LogP contribution in [0, 0.1) is 10.1 Å². The number of hydrogen-bond acceptors (Lipinski definition) is 6. The SMILES string of the molecule is O=C(CSC1CC(=O)N(c2ccc([N+](=O)[O-])cc2)C1=O)Nc1cccc2ccccc12. The Bertz CT molecular complexity index is 1190. The van der Waals surface area contributed by atoms with Gasteiger partial charge in [-0.3, -0.25) is 24.5 Å². The molecule has 1 heterocycles. The second-order valence-electron chi connectivity index (χ2n) is 6.92. The fraction of sp³-hybridized carbons (Fsp3) is 0.136. The Morgan fingerprint density at radius 2 is 1.77 bits per heavy atom. The van der Waals surface area contributed by atoms with E-state index in [4.69, 9.17) is 0 Å². The number of carbonyl (C=O) groups is 3. The van der Waals surface area contributed by atoms with Crippen molar-refractivity contribution in [3.63, 3.8) is 0 Å². The number of thioether (sulfide) groups is 1. The first-order chi connectivity index (χ1) is 14.9. The lowest BCUT2D eigenvalue weighted by molar-refractivity contribution is -0.384. The summed E-state index contributed by atoms with van der Waals surface area (Å²) in [6.07, 6.45) is -0.0258. The highest BCUT2D eigenvalue weighted by Gasteiger charge is 2.40. The predicted octanol–water partition coefficient (Wildman–Crippen LogP) is 3.75. The van der Waals surface area contributed by atoms with Gasteiger partial charge in [-0.05, 0) is 23.6 Å². The van der Waals surface area contributed by atoms with Crippen molar-refractivity contribution in [2.75, 3.05) is 16.0 Å². The molecule has 8 nitrogen and oxygen atoms in total. The topological polar surface area (TPSA) is 110 Å². The second kappa shape index (κ2) is 8.57. The molecule has 1 aliphatic rings. The maximum Gasteiger partial charge on any atom is 0.269 e. The third kappa shape index (κ3) is 4.26. The maximum atomic E-state index is 12.7. The van der Waals surface area contributed by atoms with Crippen molar-refractivity contribution in [1.82, 2.24) is 0 Å². The third-order valence-corrected chi connectivity index (χ3v) is 6.10. The van der Waals surface area contributed by atoms with Gasteiger partial charge in [0.1, 0.15) is 0 Å². The van der Waals surface area contributed by atoms with Crippen molar-refractivity contribution in [3.05, 3.63) is 76.8 Å². The van der Waals surface area contributed by atoms with Crippen LogP contribution in [-0.2, 0) is 14.4 Å². The molecular formula is C22H17N3O5S. The van der Waals surface area contributed by atoms with Gasteiger partial charge in [-0.25, -0.2) is 4.90 Å². The van der Waals surface area contributed by atoms with Gasteiger partial charge in [-0.2, -0.15) is 0 Å². The van der Waals surface area contributed by atoms with Crippen molar-refractivity contribution >= 4 is 57.3 Å². The molecule has 3 aromatic rings. The summed E-state index contributed by atoms with van der Waals surface area (Å²) in [6.45, 7) is 0. The Kier molecular flexibility index (Phi) is 5.68. The van der Waals surface area contributed by atoms with Crippen LogP contribution in [0.3, 0.4) is 0 Å². The van der Waals surface area contributed by atoms with E-state index in [1.54, 1.807) is 0 Å². The highest BCUT2D eigenvalue weighted by Crippen LogP contribution is 2.31. The molecule has 1 fully saturated rings. The molecule has 1 N–H and O–H groups in total. The number of benzene rings is 3. The number of carbonyl (C=O) groups excluding carboxylic acids is 3. The second-order valence-corrected chi connectivity index (χ2v) is 8.11.